The first kappa shape index (κ1) is 14.0. The average molecular weight is 278 g/mol. The summed E-state index contributed by atoms with van der Waals surface area (Å²) >= 11 is 5.78. The molecule has 1 atom stereocenters. The van der Waals surface area contributed by atoms with Crippen LogP contribution in [0.2, 0.25) is 5.02 Å². The van der Waals surface area contributed by atoms with Gasteiger partial charge in [-0.05, 0) is 43.0 Å². The van der Waals surface area contributed by atoms with Gasteiger partial charge in [0, 0.05) is 6.04 Å². The van der Waals surface area contributed by atoms with Crippen molar-refractivity contribution in [3.8, 4) is 0 Å². The molecule has 19 heavy (non-hydrogen) atoms. The fourth-order valence-corrected chi connectivity index (χ4v) is 2.41. The Morgan fingerprint density at radius 2 is 1.95 bits per heavy atom. The molecule has 2 rings (SSSR count). The molecule has 0 bridgehead atoms. The Balaban J connectivity index is 2.28. The van der Waals surface area contributed by atoms with E-state index in [0.29, 0.717) is 12.0 Å². The molecule has 0 spiro atoms. The van der Waals surface area contributed by atoms with Gasteiger partial charge in [-0.2, -0.15) is 0 Å². The van der Waals surface area contributed by atoms with Crippen LogP contribution in [0.25, 0.3) is 0 Å². The van der Waals surface area contributed by atoms with Gasteiger partial charge >= 0.3 is 0 Å². The van der Waals surface area contributed by atoms with E-state index in [1.807, 2.05) is 26.0 Å². The third-order valence-corrected chi connectivity index (χ3v) is 3.60. The SMILES string of the molecule is Cc1ccc(C)c(C(N)Cc2cccc(Cl)c2F)c1. The fraction of sp³-hybridized carbons (Fsp3) is 0.250. The predicted molar refractivity (Wildman–Crippen MR) is 78.0 cm³/mol. The van der Waals surface area contributed by atoms with Crippen molar-refractivity contribution in [2.75, 3.05) is 0 Å². The number of hydrogen-bond acceptors (Lipinski definition) is 1. The predicted octanol–water partition coefficient (Wildman–Crippen LogP) is 4.34. The molecular formula is C16H17ClFN. The second-order valence-electron chi connectivity index (χ2n) is 4.88. The van der Waals surface area contributed by atoms with Gasteiger partial charge in [0.15, 0.2) is 0 Å². The molecule has 2 N–H and O–H groups in total. The second kappa shape index (κ2) is 5.72. The minimum atomic E-state index is -0.370. The zero-order valence-corrected chi connectivity index (χ0v) is 11.8. The third kappa shape index (κ3) is 3.14. The van der Waals surface area contributed by atoms with Crippen LogP contribution in [0, 0.1) is 19.7 Å². The van der Waals surface area contributed by atoms with E-state index in [0.717, 1.165) is 16.7 Å². The van der Waals surface area contributed by atoms with Crippen LogP contribution in [-0.2, 0) is 6.42 Å². The summed E-state index contributed by atoms with van der Waals surface area (Å²) in [5.74, 6) is -0.370. The summed E-state index contributed by atoms with van der Waals surface area (Å²) in [7, 11) is 0. The van der Waals surface area contributed by atoms with E-state index in [4.69, 9.17) is 17.3 Å². The van der Waals surface area contributed by atoms with E-state index < -0.39 is 0 Å². The van der Waals surface area contributed by atoms with Crippen molar-refractivity contribution in [2.24, 2.45) is 5.73 Å². The maximum absolute atomic E-state index is 13.9. The highest BCUT2D eigenvalue weighted by molar-refractivity contribution is 6.30. The van der Waals surface area contributed by atoms with Crippen molar-refractivity contribution in [3.05, 3.63) is 69.5 Å². The van der Waals surface area contributed by atoms with E-state index in [2.05, 4.69) is 6.07 Å². The summed E-state index contributed by atoms with van der Waals surface area (Å²) in [5, 5.41) is 0.144. The molecule has 0 radical (unpaired) electrons. The molecule has 2 aromatic rings. The minimum Gasteiger partial charge on any atom is -0.324 e. The van der Waals surface area contributed by atoms with E-state index in [1.54, 1.807) is 18.2 Å². The smallest absolute Gasteiger partial charge is 0.145 e. The van der Waals surface area contributed by atoms with Gasteiger partial charge < -0.3 is 5.73 Å². The number of halogens is 2. The first-order valence-corrected chi connectivity index (χ1v) is 6.62. The molecule has 3 heteroatoms. The van der Waals surface area contributed by atoms with Gasteiger partial charge in [-0.1, -0.05) is 47.5 Å². The Labute approximate surface area is 118 Å². The van der Waals surface area contributed by atoms with Crippen molar-refractivity contribution in [2.45, 2.75) is 26.3 Å². The first-order chi connectivity index (χ1) is 8.99. The highest BCUT2D eigenvalue weighted by Gasteiger charge is 2.14. The number of hydrogen-bond donors (Lipinski definition) is 1. The van der Waals surface area contributed by atoms with Crippen LogP contribution in [0.4, 0.5) is 4.39 Å². The fourth-order valence-electron chi connectivity index (χ4n) is 2.21. The van der Waals surface area contributed by atoms with Crippen molar-refractivity contribution in [3.63, 3.8) is 0 Å². The molecule has 0 aliphatic carbocycles. The topological polar surface area (TPSA) is 26.0 Å². The molecule has 0 saturated heterocycles. The lowest BCUT2D eigenvalue weighted by atomic mass is 9.94. The third-order valence-electron chi connectivity index (χ3n) is 3.31. The Hall–Kier alpha value is -1.38. The monoisotopic (exact) mass is 277 g/mol. The zero-order valence-electron chi connectivity index (χ0n) is 11.1. The molecule has 0 heterocycles. The minimum absolute atomic E-state index is 0.144. The lowest BCUT2D eigenvalue weighted by molar-refractivity contribution is 0.593. The molecule has 1 unspecified atom stereocenters. The first-order valence-electron chi connectivity index (χ1n) is 6.24. The normalized spacial score (nSPS) is 12.5. The van der Waals surface area contributed by atoms with Crippen LogP contribution >= 0.6 is 11.6 Å². The second-order valence-corrected chi connectivity index (χ2v) is 5.29. The maximum atomic E-state index is 13.9. The highest BCUT2D eigenvalue weighted by Crippen LogP contribution is 2.24. The largest absolute Gasteiger partial charge is 0.324 e. The summed E-state index contributed by atoms with van der Waals surface area (Å²) in [4.78, 5) is 0. The van der Waals surface area contributed by atoms with E-state index >= 15 is 0 Å². The summed E-state index contributed by atoms with van der Waals surface area (Å²) < 4.78 is 13.9. The van der Waals surface area contributed by atoms with Crippen molar-refractivity contribution < 1.29 is 4.39 Å². The zero-order chi connectivity index (χ0) is 14.0. The van der Waals surface area contributed by atoms with E-state index in [1.165, 1.54) is 0 Å². The quantitative estimate of drug-likeness (QED) is 0.887. The number of nitrogens with two attached hydrogens (primary N) is 1. The lowest BCUT2D eigenvalue weighted by Gasteiger charge is -2.16. The van der Waals surface area contributed by atoms with Gasteiger partial charge in [-0.25, -0.2) is 4.39 Å². The Morgan fingerprint density at radius 3 is 2.68 bits per heavy atom. The Bertz CT molecular complexity index is 595. The number of benzene rings is 2. The van der Waals surface area contributed by atoms with Crippen LogP contribution in [0.15, 0.2) is 36.4 Å². The molecular weight excluding hydrogens is 261 g/mol. The van der Waals surface area contributed by atoms with Gasteiger partial charge in [0.1, 0.15) is 5.82 Å². The van der Waals surface area contributed by atoms with Gasteiger partial charge in [0.2, 0.25) is 0 Å². The molecule has 100 valence electrons. The average Bonchev–Trinajstić information content (AvgIpc) is 2.38. The maximum Gasteiger partial charge on any atom is 0.145 e. The summed E-state index contributed by atoms with van der Waals surface area (Å²) in [6.07, 6.45) is 0.441. The lowest BCUT2D eigenvalue weighted by Crippen LogP contribution is -2.15. The molecule has 0 aromatic heterocycles. The molecule has 0 amide bonds. The Morgan fingerprint density at radius 1 is 1.21 bits per heavy atom. The standard InChI is InChI=1S/C16H17ClFN/c1-10-6-7-11(2)13(8-10)15(19)9-12-4-3-5-14(17)16(12)18/h3-8,15H,9,19H2,1-2H3. The Kier molecular flexibility index (Phi) is 4.23. The van der Waals surface area contributed by atoms with Crippen LogP contribution < -0.4 is 5.73 Å². The molecule has 0 saturated carbocycles. The summed E-state index contributed by atoms with van der Waals surface area (Å²) in [6, 6.07) is 10.9. The molecule has 0 aliphatic rings. The van der Waals surface area contributed by atoms with Crippen molar-refractivity contribution in [1.82, 2.24) is 0 Å². The highest BCUT2D eigenvalue weighted by atomic mass is 35.5. The van der Waals surface area contributed by atoms with Gasteiger partial charge in [0.05, 0.1) is 5.02 Å². The van der Waals surface area contributed by atoms with Gasteiger partial charge in [0.25, 0.3) is 0 Å². The van der Waals surface area contributed by atoms with Crippen LogP contribution in [-0.4, -0.2) is 0 Å². The summed E-state index contributed by atoms with van der Waals surface area (Å²) in [6.45, 7) is 4.04. The van der Waals surface area contributed by atoms with Crippen molar-refractivity contribution >= 4 is 11.6 Å². The van der Waals surface area contributed by atoms with Gasteiger partial charge in [-0.15, -0.1) is 0 Å². The van der Waals surface area contributed by atoms with Gasteiger partial charge in [-0.3, -0.25) is 0 Å². The number of aryl methyl sites for hydroxylation is 2. The van der Waals surface area contributed by atoms with Crippen LogP contribution in [0.1, 0.15) is 28.3 Å². The summed E-state index contributed by atoms with van der Waals surface area (Å²) in [5.41, 5.74) is 10.1. The molecule has 1 nitrogen and oxygen atoms in total. The van der Waals surface area contributed by atoms with E-state index in [9.17, 15) is 4.39 Å². The van der Waals surface area contributed by atoms with Crippen LogP contribution in [0.3, 0.4) is 0 Å². The molecule has 0 fully saturated rings. The number of rotatable bonds is 3. The van der Waals surface area contributed by atoms with E-state index in [-0.39, 0.29) is 16.9 Å². The molecule has 2 aromatic carbocycles. The van der Waals surface area contributed by atoms with Crippen LogP contribution in [0.5, 0.6) is 0 Å². The van der Waals surface area contributed by atoms with Crippen molar-refractivity contribution in [1.29, 1.82) is 0 Å². The molecule has 0 aliphatic heterocycles.